The van der Waals surface area contributed by atoms with Gasteiger partial charge in [-0.05, 0) is 31.9 Å². The maximum atomic E-state index is 5.99. The molecule has 110 valence electrons. The second-order valence-electron chi connectivity index (χ2n) is 5.62. The average molecular weight is 293 g/mol. The fourth-order valence-corrected chi connectivity index (χ4v) is 4.24. The van der Waals surface area contributed by atoms with E-state index in [9.17, 15) is 0 Å². The Morgan fingerprint density at radius 1 is 1.50 bits per heavy atom. The quantitative estimate of drug-likeness (QED) is 0.779. The van der Waals surface area contributed by atoms with Gasteiger partial charge in [0, 0.05) is 28.9 Å². The minimum atomic E-state index is 0.241. The van der Waals surface area contributed by atoms with Crippen LogP contribution in [0.1, 0.15) is 22.6 Å². The van der Waals surface area contributed by atoms with Crippen LogP contribution >= 0.6 is 11.3 Å². The summed E-state index contributed by atoms with van der Waals surface area (Å²) in [6.45, 7) is 9.43. The number of hydrogen-bond donors (Lipinski definition) is 0. The van der Waals surface area contributed by atoms with Crippen LogP contribution in [0.2, 0.25) is 0 Å². The van der Waals surface area contributed by atoms with Crippen molar-refractivity contribution < 1.29 is 9.47 Å². The van der Waals surface area contributed by atoms with Crippen molar-refractivity contribution in [2.45, 2.75) is 44.6 Å². The largest absolute Gasteiger partial charge is 0.373 e. The average Bonchev–Trinajstić information content (AvgIpc) is 3.04. The molecule has 20 heavy (non-hydrogen) atoms. The number of ether oxygens (including phenoxy) is 2. The van der Waals surface area contributed by atoms with E-state index in [2.05, 4.69) is 30.5 Å². The van der Waals surface area contributed by atoms with E-state index in [1.165, 1.54) is 16.2 Å². The van der Waals surface area contributed by atoms with E-state index in [0.29, 0.717) is 12.6 Å². The second-order valence-corrected chi connectivity index (χ2v) is 7.00. The second kappa shape index (κ2) is 6.39. The normalized spacial score (nSPS) is 30.4. The van der Waals surface area contributed by atoms with Crippen LogP contribution in [0.5, 0.6) is 0 Å². The van der Waals surface area contributed by atoms with Crippen LogP contribution < -0.4 is 0 Å². The fraction of sp³-hybridized carbons (Fsp3) is 0.625. The van der Waals surface area contributed by atoms with Gasteiger partial charge in [-0.15, -0.1) is 17.9 Å². The van der Waals surface area contributed by atoms with Gasteiger partial charge in [-0.2, -0.15) is 0 Å². The van der Waals surface area contributed by atoms with Gasteiger partial charge in [0.1, 0.15) is 0 Å². The third-order valence-electron chi connectivity index (χ3n) is 4.23. The molecule has 2 aliphatic rings. The minimum absolute atomic E-state index is 0.241. The topological polar surface area (TPSA) is 21.7 Å². The molecule has 1 saturated heterocycles. The minimum Gasteiger partial charge on any atom is -0.373 e. The number of morpholine rings is 1. The summed E-state index contributed by atoms with van der Waals surface area (Å²) in [5.74, 6) is 0. The van der Waals surface area contributed by atoms with Gasteiger partial charge in [0.2, 0.25) is 0 Å². The van der Waals surface area contributed by atoms with Gasteiger partial charge in [0.05, 0.1) is 25.4 Å². The molecule has 1 aromatic heterocycles. The zero-order chi connectivity index (χ0) is 13.9. The van der Waals surface area contributed by atoms with E-state index in [1.807, 2.05) is 17.4 Å². The first kappa shape index (κ1) is 14.3. The summed E-state index contributed by atoms with van der Waals surface area (Å²) in [4.78, 5) is 5.43. The Morgan fingerprint density at radius 3 is 3.15 bits per heavy atom. The molecule has 0 bridgehead atoms. The van der Waals surface area contributed by atoms with Crippen molar-refractivity contribution in [1.82, 2.24) is 4.90 Å². The van der Waals surface area contributed by atoms with Crippen LogP contribution in [0.4, 0.5) is 0 Å². The SMILES string of the molecule is C=CCO[C@H]1CC[C@H]2[C@@H]1OCCN2Cc1ccc(C)s1. The number of thiophene rings is 1. The molecule has 0 unspecified atom stereocenters. The monoisotopic (exact) mass is 293 g/mol. The molecule has 3 atom stereocenters. The summed E-state index contributed by atoms with van der Waals surface area (Å²) in [7, 11) is 0. The molecule has 0 aromatic carbocycles. The molecular formula is C16H23NO2S. The Morgan fingerprint density at radius 2 is 2.40 bits per heavy atom. The Balaban J connectivity index is 1.63. The molecule has 1 saturated carbocycles. The third-order valence-corrected chi connectivity index (χ3v) is 5.22. The zero-order valence-electron chi connectivity index (χ0n) is 12.1. The summed E-state index contributed by atoms with van der Waals surface area (Å²) in [6.07, 6.45) is 4.58. The lowest BCUT2D eigenvalue weighted by Crippen LogP contribution is -2.51. The van der Waals surface area contributed by atoms with Crippen LogP contribution in [-0.4, -0.2) is 42.9 Å². The van der Waals surface area contributed by atoms with Crippen LogP contribution in [0.25, 0.3) is 0 Å². The fourth-order valence-electron chi connectivity index (χ4n) is 3.33. The van der Waals surface area contributed by atoms with Gasteiger partial charge in [0.25, 0.3) is 0 Å². The molecular weight excluding hydrogens is 270 g/mol. The number of aryl methyl sites for hydroxylation is 1. The highest BCUT2D eigenvalue weighted by Gasteiger charge is 2.43. The van der Waals surface area contributed by atoms with E-state index in [0.717, 1.165) is 26.1 Å². The van der Waals surface area contributed by atoms with E-state index < -0.39 is 0 Å². The Labute approximate surface area is 125 Å². The van der Waals surface area contributed by atoms with E-state index >= 15 is 0 Å². The van der Waals surface area contributed by atoms with Gasteiger partial charge >= 0.3 is 0 Å². The third kappa shape index (κ3) is 2.98. The van der Waals surface area contributed by atoms with Crippen molar-refractivity contribution >= 4 is 11.3 Å². The van der Waals surface area contributed by atoms with Crippen molar-refractivity contribution in [2.24, 2.45) is 0 Å². The maximum Gasteiger partial charge on any atom is 0.0992 e. The number of hydrogen-bond acceptors (Lipinski definition) is 4. The van der Waals surface area contributed by atoms with E-state index in [-0.39, 0.29) is 12.2 Å². The first-order valence-corrected chi connectivity index (χ1v) is 8.23. The van der Waals surface area contributed by atoms with Gasteiger partial charge < -0.3 is 9.47 Å². The van der Waals surface area contributed by atoms with Gasteiger partial charge in [-0.3, -0.25) is 4.90 Å². The first-order valence-electron chi connectivity index (χ1n) is 7.41. The van der Waals surface area contributed by atoms with Crippen molar-refractivity contribution in [1.29, 1.82) is 0 Å². The molecule has 0 N–H and O–H groups in total. The number of fused-ring (bicyclic) bond motifs is 1. The van der Waals surface area contributed by atoms with Crippen LogP contribution in [0, 0.1) is 6.92 Å². The van der Waals surface area contributed by atoms with Crippen molar-refractivity contribution in [3.8, 4) is 0 Å². The summed E-state index contributed by atoms with van der Waals surface area (Å²) in [5.41, 5.74) is 0. The van der Waals surface area contributed by atoms with Crippen LogP contribution in [0.15, 0.2) is 24.8 Å². The predicted molar refractivity (Wildman–Crippen MR) is 82.2 cm³/mol. The van der Waals surface area contributed by atoms with Crippen molar-refractivity contribution in [3.05, 3.63) is 34.5 Å². The molecule has 4 heteroatoms. The van der Waals surface area contributed by atoms with Crippen LogP contribution in [-0.2, 0) is 16.0 Å². The molecule has 2 heterocycles. The summed E-state index contributed by atoms with van der Waals surface area (Å²) < 4.78 is 11.8. The summed E-state index contributed by atoms with van der Waals surface area (Å²) in [5, 5.41) is 0. The zero-order valence-corrected chi connectivity index (χ0v) is 12.9. The Kier molecular flexibility index (Phi) is 4.56. The molecule has 3 nitrogen and oxygen atoms in total. The predicted octanol–water partition coefficient (Wildman–Crippen LogP) is 2.99. The molecule has 1 aromatic rings. The standard InChI is InChI=1S/C16H23NO2S/c1-3-9-18-15-7-6-14-16(15)19-10-8-17(14)11-13-5-4-12(2)20-13/h3-5,14-16H,1,6-11H2,2H3/t14-,15-,16-/m0/s1. The van der Waals surface area contributed by atoms with Gasteiger partial charge in [-0.1, -0.05) is 6.08 Å². The lowest BCUT2D eigenvalue weighted by Gasteiger charge is -2.38. The van der Waals surface area contributed by atoms with Crippen molar-refractivity contribution in [3.63, 3.8) is 0 Å². The molecule has 1 aliphatic carbocycles. The molecule has 0 amide bonds. The highest BCUT2D eigenvalue weighted by Crippen LogP contribution is 2.33. The van der Waals surface area contributed by atoms with Crippen LogP contribution in [0.3, 0.4) is 0 Å². The molecule has 1 aliphatic heterocycles. The molecule has 0 radical (unpaired) electrons. The highest BCUT2D eigenvalue weighted by molar-refractivity contribution is 7.11. The number of nitrogens with zero attached hydrogens (tertiary/aromatic N) is 1. The lowest BCUT2D eigenvalue weighted by atomic mass is 10.1. The molecule has 3 rings (SSSR count). The summed E-state index contributed by atoms with van der Waals surface area (Å²) >= 11 is 1.90. The Hall–Kier alpha value is -0.680. The maximum absolute atomic E-state index is 5.99. The molecule has 0 spiro atoms. The first-order chi connectivity index (χ1) is 9.78. The van der Waals surface area contributed by atoms with Gasteiger partial charge in [-0.25, -0.2) is 0 Å². The summed E-state index contributed by atoms with van der Waals surface area (Å²) in [6, 6.07) is 4.98. The van der Waals surface area contributed by atoms with E-state index in [1.54, 1.807) is 0 Å². The van der Waals surface area contributed by atoms with E-state index in [4.69, 9.17) is 9.47 Å². The van der Waals surface area contributed by atoms with Gasteiger partial charge in [0.15, 0.2) is 0 Å². The lowest BCUT2D eigenvalue weighted by molar-refractivity contribution is -0.111. The number of rotatable bonds is 5. The highest BCUT2D eigenvalue weighted by atomic mass is 32.1. The Bertz CT molecular complexity index is 459. The van der Waals surface area contributed by atoms with Crippen molar-refractivity contribution in [2.75, 3.05) is 19.8 Å². The molecule has 2 fully saturated rings. The smallest absolute Gasteiger partial charge is 0.0992 e.